The third kappa shape index (κ3) is 3.10. The molecule has 0 N–H and O–H groups in total. The first-order valence-corrected chi connectivity index (χ1v) is 3.94. The van der Waals surface area contributed by atoms with Gasteiger partial charge in [-0.2, -0.15) is 0 Å². The zero-order chi connectivity index (χ0) is 8.65. The predicted octanol–water partition coefficient (Wildman–Crippen LogP) is 2.37. The first-order valence-electron chi connectivity index (χ1n) is 3.94. The van der Waals surface area contributed by atoms with E-state index >= 15 is 0 Å². The average molecular weight is 161 g/mol. The van der Waals surface area contributed by atoms with Crippen molar-refractivity contribution >= 4 is 18.2 Å². The van der Waals surface area contributed by atoms with E-state index in [1.165, 1.54) is 0 Å². The van der Waals surface area contributed by atoms with E-state index in [9.17, 15) is 4.79 Å². The summed E-state index contributed by atoms with van der Waals surface area (Å²) < 4.78 is 0. The summed E-state index contributed by atoms with van der Waals surface area (Å²) in [5, 5.41) is 0. The molecule has 1 aromatic carbocycles. The molecule has 0 radical (unpaired) electrons. The van der Waals surface area contributed by atoms with Crippen LogP contribution in [-0.4, -0.2) is 12.5 Å². The number of rotatable bonds is 4. The third-order valence-electron chi connectivity index (χ3n) is 1.41. The molecule has 62 valence electrons. The van der Waals surface area contributed by atoms with Gasteiger partial charge >= 0.3 is 0 Å². The molecule has 2 nitrogen and oxygen atoms in total. The largest absolute Gasteiger partial charge is 0.303 e. The van der Waals surface area contributed by atoms with Gasteiger partial charge in [-0.25, -0.2) is 0 Å². The minimum atomic E-state index is 0.552. The predicted molar refractivity (Wildman–Crippen MR) is 49.9 cm³/mol. The average Bonchev–Trinajstić information content (AvgIpc) is 2.14. The van der Waals surface area contributed by atoms with Crippen molar-refractivity contribution in [3.8, 4) is 0 Å². The Labute approximate surface area is 71.9 Å². The smallest absolute Gasteiger partial charge is 0.120 e. The number of benzene rings is 1. The van der Waals surface area contributed by atoms with E-state index in [4.69, 9.17) is 0 Å². The van der Waals surface area contributed by atoms with Gasteiger partial charge in [0.15, 0.2) is 0 Å². The van der Waals surface area contributed by atoms with Crippen molar-refractivity contribution in [2.75, 3.05) is 0 Å². The molecule has 0 atom stereocenters. The monoisotopic (exact) mass is 161 g/mol. The van der Waals surface area contributed by atoms with Gasteiger partial charge in [0.05, 0.1) is 5.69 Å². The lowest BCUT2D eigenvalue weighted by atomic mass is 10.3. The summed E-state index contributed by atoms with van der Waals surface area (Å²) in [6.07, 6.45) is 3.94. The van der Waals surface area contributed by atoms with Crippen LogP contribution in [0.4, 0.5) is 5.69 Å². The second-order valence-corrected chi connectivity index (χ2v) is 2.39. The fourth-order valence-corrected chi connectivity index (χ4v) is 0.827. The second-order valence-electron chi connectivity index (χ2n) is 2.39. The molecule has 12 heavy (non-hydrogen) atoms. The number of para-hydroxylation sites is 1. The van der Waals surface area contributed by atoms with Crippen LogP contribution >= 0.6 is 0 Å². The van der Waals surface area contributed by atoms with Gasteiger partial charge in [-0.05, 0) is 18.6 Å². The van der Waals surface area contributed by atoms with Gasteiger partial charge in [0, 0.05) is 12.6 Å². The number of aldehydes is 1. The van der Waals surface area contributed by atoms with Crippen LogP contribution in [0.5, 0.6) is 0 Å². The third-order valence-corrected chi connectivity index (χ3v) is 1.41. The molecular formula is C10H11NO. The van der Waals surface area contributed by atoms with Crippen LogP contribution in [0.1, 0.15) is 12.8 Å². The molecule has 1 aromatic rings. The Morgan fingerprint density at radius 3 is 2.58 bits per heavy atom. The summed E-state index contributed by atoms with van der Waals surface area (Å²) in [5.41, 5.74) is 0.934. The first-order chi connectivity index (χ1) is 5.93. The maximum Gasteiger partial charge on any atom is 0.120 e. The van der Waals surface area contributed by atoms with Gasteiger partial charge in [-0.1, -0.05) is 18.2 Å². The molecule has 0 saturated heterocycles. The van der Waals surface area contributed by atoms with Crippen molar-refractivity contribution in [3.63, 3.8) is 0 Å². The topological polar surface area (TPSA) is 29.4 Å². The van der Waals surface area contributed by atoms with E-state index < -0.39 is 0 Å². The standard InChI is InChI=1S/C10H11NO/c12-9-5-4-8-11-10-6-2-1-3-7-10/h1-3,6-9H,4-5H2. The van der Waals surface area contributed by atoms with Crippen molar-refractivity contribution in [3.05, 3.63) is 30.3 Å². The molecule has 1 rings (SSSR count). The summed E-state index contributed by atoms with van der Waals surface area (Å²) in [6.45, 7) is 0. The molecule has 2 heteroatoms. The number of unbranched alkanes of at least 4 members (excludes halogenated alkanes) is 1. The Kier molecular flexibility index (Phi) is 3.78. The highest BCUT2D eigenvalue weighted by Crippen LogP contribution is 2.08. The molecular weight excluding hydrogens is 150 g/mol. The maximum absolute atomic E-state index is 9.95. The summed E-state index contributed by atoms with van der Waals surface area (Å²) >= 11 is 0. The van der Waals surface area contributed by atoms with E-state index in [2.05, 4.69) is 4.99 Å². The highest BCUT2D eigenvalue weighted by Gasteiger charge is 1.82. The summed E-state index contributed by atoms with van der Waals surface area (Å²) in [7, 11) is 0. The summed E-state index contributed by atoms with van der Waals surface area (Å²) in [5.74, 6) is 0. The number of aliphatic imine (C=N–C) groups is 1. The van der Waals surface area contributed by atoms with Crippen LogP contribution in [0.25, 0.3) is 0 Å². The van der Waals surface area contributed by atoms with Gasteiger partial charge in [0.25, 0.3) is 0 Å². The fourth-order valence-electron chi connectivity index (χ4n) is 0.827. The Morgan fingerprint density at radius 2 is 1.92 bits per heavy atom. The van der Waals surface area contributed by atoms with Crippen LogP contribution in [-0.2, 0) is 4.79 Å². The zero-order valence-corrected chi connectivity index (χ0v) is 6.81. The summed E-state index contributed by atoms with van der Waals surface area (Å²) in [4.78, 5) is 14.1. The molecule has 0 amide bonds. The highest BCUT2D eigenvalue weighted by atomic mass is 16.1. The highest BCUT2D eigenvalue weighted by molar-refractivity contribution is 5.66. The Balaban J connectivity index is 2.41. The van der Waals surface area contributed by atoms with Gasteiger partial charge < -0.3 is 4.79 Å². The Hall–Kier alpha value is -1.44. The number of carbonyl (C=O) groups is 1. The minimum Gasteiger partial charge on any atom is -0.303 e. The molecule has 0 aliphatic heterocycles. The van der Waals surface area contributed by atoms with Crippen LogP contribution in [0.15, 0.2) is 35.3 Å². The van der Waals surface area contributed by atoms with E-state index in [1.807, 2.05) is 30.3 Å². The molecule has 0 aromatic heterocycles. The fraction of sp³-hybridized carbons (Fsp3) is 0.200. The lowest BCUT2D eigenvalue weighted by Gasteiger charge is -1.89. The van der Waals surface area contributed by atoms with Gasteiger partial charge in [-0.15, -0.1) is 0 Å². The van der Waals surface area contributed by atoms with Crippen LogP contribution in [0.2, 0.25) is 0 Å². The molecule has 0 heterocycles. The maximum atomic E-state index is 9.95. The summed E-state index contributed by atoms with van der Waals surface area (Å²) in [6, 6.07) is 9.68. The first kappa shape index (κ1) is 8.65. The van der Waals surface area contributed by atoms with Crippen molar-refractivity contribution in [2.45, 2.75) is 12.8 Å². The van der Waals surface area contributed by atoms with Crippen molar-refractivity contribution < 1.29 is 4.79 Å². The van der Waals surface area contributed by atoms with Crippen LogP contribution < -0.4 is 0 Å². The number of hydrogen-bond donors (Lipinski definition) is 0. The Morgan fingerprint density at radius 1 is 1.17 bits per heavy atom. The number of nitrogens with zero attached hydrogens (tertiary/aromatic N) is 1. The van der Waals surface area contributed by atoms with Crippen LogP contribution in [0.3, 0.4) is 0 Å². The second kappa shape index (κ2) is 5.24. The lowest BCUT2D eigenvalue weighted by molar-refractivity contribution is -0.107. The molecule has 0 aliphatic rings. The van der Waals surface area contributed by atoms with E-state index in [0.29, 0.717) is 6.42 Å². The van der Waals surface area contributed by atoms with Gasteiger partial charge in [0.2, 0.25) is 0 Å². The van der Waals surface area contributed by atoms with Crippen molar-refractivity contribution in [1.29, 1.82) is 0 Å². The zero-order valence-electron chi connectivity index (χ0n) is 6.81. The van der Waals surface area contributed by atoms with E-state index in [0.717, 1.165) is 18.4 Å². The molecule has 0 bridgehead atoms. The van der Waals surface area contributed by atoms with Crippen molar-refractivity contribution in [1.82, 2.24) is 0 Å². The van der Waals surface area contributed by atoms with Gasteiger partial charge in [0.1, 0.15) is 6.29 Å². The molecule has 0 spiro atoms. The number of carbonyl (C=O) groups excluding carboxylic acids is 1. The number of hydrogen-bond acceptors (Lipinski definition) is 2. The SMILES string of the molecule is O=CCCC=Nc1ccccc1. The molecule has 0 unspecified atom stereocenters. The quantitative estimate of drug-likeness (QED) is 0.378. The Bertz CT molecular complexity index is 254. The van der Waals surface area contributed by atoms with Crippen molar-refractivity contribution in [2.24, 2.45) is 4.99 Å². The molecule has 0 aliphatic carbocycles. The lowest BCUT2D eigenvalue weighted by Crippen LogP contribution is -1.76. The molecule has 0 saturated carbocycles. The molecule has 0 fully saturated rings. The van der Waals surface area contributed by atoms with Gasteiger partial charge in [-0.3, -0.25) is 4.99 Å². The van der Waals surface area contributed by atoms with E-state index in [-0.39, 0.29) is 0 Å². The van der Waals surface area contributed by atoms with E-state index in [1.54, 1.807) is 6.21 Å². The minimum absolute atomic E-state index is 0.552. The van der Waals surface area contributed by atoms with Crippen LogP contribution in [0, 0.1) is 0 Å². The normalized spacial score (nSPS) is 10.3.